The number of unbranched alkanes of at least 4 members (excludes halogenated alkanes) is 1. The van der Waals surface area contributed by atoms with E-state index in [1.54, 1.807) is 0 Å². The molecule has 0 aromatic heterocycles. The van der Waals surface area contributed by atoms with E-state index in [0.29, 0.717) is 18.7 Å². The molecule has 0 radical (unpaired) electrons. The average Bonchev–Trinajstić information content (AvgIpc) is 1.88. The SMILES string of the molecule is O=C(O)C(O)=CCCCCl. The lowest BCUT2D eigenvalue weighted by Gasteiger charge is -1.90. The second-order valence-corrected chi connectivity index (χ2v) is 2.10. The van der Waals surface area contributed by atoms with Crippen molar-refractivity contribution < 1.29 is 15.0 Å². The van der Waals surface area contributed by atoms with Gasteiger partial charge in [0, 0.05) is 5.88 Å². The first-order chi connectivity index (χ1) is 4.68. The Hall–Kier alpha value is -0.700. The summed E-state index contributed by atoms with van der Waals surface area (Å²) >= 11 is 5.31. The first kappa shape index (κ1) is 9.30. The Balaban J connectivity index is 3.58. The summed E-state index contributed by atoms with van der Waals surface area (Å²) in [4.78, 5) is 9.94. The number of aliphatic carboxylic acids is 1. The van der Waals surface area contributed by atoms with Gasteiger partial charge in [0.25, 0.3) is 0 Å². The van der Waals surface area contributed by atoms with Crippen LogP contribution in [0.4, 0.5) is 0 Å². The quantitative estimate of drug-likeness (QED) is 0.287. The molecule has 0 unspecified atom stereocenters. The summed E-state index contributed by atoms with van der Waals surface area (Å²) in [6.45, 7) is 0. The molecule has 0 bridgehead atoms. The van der Waals surface area contributed by atoms with Crippen LogP contribution in [-0.2, 0) is 4.79 Å². The molecular formula is C6H9ClO3. The highest BCUT2D eigenvalue weighted by atomic mass is 35.5. The molecule has 0 saturated carbocycles. The minimum absolute atomic E-state index is 0.476. The van der Waals surface area contributed by atoms with Crippen molar-refractivity contribution in [2.24, 2.45) is 0 Å². The first-order valence-corrected chi connectivity index (χ1v) is 3.40. The Morgan fingerprint density at radius 3 is 2.50 bits per heavy atom. The van der Waals surface area contributed by atoms with Gasteiger partial charge < -0.3 is 10.2 Å². The summed E-state index contributed by atoms with van der Waals surface area (Å²) in [5.74, 6) is -1.43. The van der Waals surface area contributed by atoms with Crippen LogP contribution >= 0.6 is 11.6 Å². The lowest BCUT2D eigenvalue weighted by atomic mass is 10.3. The van der Waals surface area contributed by atoms with Crippen LogP contribution < -0.4 is 0 Å². The molecule has 0 aliphatic carbocycles. The number of carboxylic acids is 1. The van der Waals surface area contributed by atoms with Crippen LogP contribution in [0.5, 0.6) is 0 Å². The molecule has 58 valence electrons. The maximum atomic E-state index is 9.94. The zero-order valence-electron chi connectivity index (χ0n) is 5.38. The van der Waals surface area contributed by atoms with Gasteiger partial charge in [0.05, 0.1) is 0 Å². The predicted molar refractivity (Wildman–Crippen MR) is 38.3 cm³/mol. The van der Waals surface area contributed by atoms with Crippen molar-refractivity contribution in [2.45, 2.75) is 12.8 Å². The molecule has 0 rings (SSSR count). The van der Waals surface area contributed by atoms with Gasteiger partial charge in [0.1, 0.15) is 0 Å². The van der Waals surface area contributed by atoms with E-state index in [9.17, 15) is 4.79 Å². The Bertz CT molecular complexity index is 142. The summed E-state index contributed by atoms with van der Waals surface area (Å²) < 4.78 is 0. The molecule has 3 nitrogen and oxygen atoms in total. The molecule has 0 aliphatic rings. The van der Waals surface area contributed by atoms with E-state index in [0.717, 1.165) is 0 Å². The zero-order valence-corrected chi connectivity index (χ0v) is 6.14. The summed E-state index contributed by atoms with van der Waals surface area (Å²) in [7, 11) is 0. The third kappa shape index (κ3) is 4.21. The second kappa shape index (κ2) is 5.11. The van der Waals surface area contributed by atoms with E-state index in [1.807, 2.05) is 0 Å². The monoisotopic (exact) mass is 164 g/mol. The Labute approximate surface area is 63.9 Å². The highest BCUT2D eigenvalue weighted by Gasteiger charge is 2.00. The molecule has 4 heteroatoms. The van der Waals surface area contributed by atoms with Gasteiger partial charge in [0.2, 0.25) is 0 Å². The fourth-order valence-corrected chi connectivity index (χ4v) is 0.558. The number of rotatable bonds is 4. The topological polar surface area (TPSA) is 57.5 Å². The molecular weight excluding hydrogens is 156 g/mol. The number of carboxylic acid groups (broad SMARTS) is 1. The zero-order chi connectivity index (χ0) is 7.98. The fourth-order valence-electron chi connectivity index (χ4n) is 0.403. The molecule has 0 saturated heterocycles. The summed E-state index contributed by atoms with van der Waals surface area (Å²) in [5.41, 5.74) is 0. The van der Waals surface area contributed by atoms with Crippen LogP contribution in [-0.4, -0.2) is 22.1 Å². The third-order valence-corrected chi connectivity index (χ3v) is 1.16. The van der Waals surface area contributed by atoms with Gasteiger partial charge in [-0.25, -0.2) is 4.79 Å². The van der Waals surface area contributed by atoms with Crippen molar-refractivity contribution in [2.75, 3.05) is 5.88 Å². The van der Waals surface area contributed by atoms with Gasteiger partial charge in [0.15, 0.2) is 5.76 Å². The van der Waals surface area contributed by atoms with E-state index in [4.69, 9.17) is 21.8 Å². The van der Waals surface area contributed by atoms with Crippen molar-refractivity contribution in [1.82, 2.24) is 0 Å². The first-order valence-electron chi connectivity index (χ1n) is 2.87. The number of aliphatic hydroxyl groups excluding tert-OH is 1. The molecule has 0 atom stereocenters. The van der Waals surface area contributed by atoms with Gasteiger partial charge in [-0.1, -0.05) is 0 Å². The second-order valence-electron chi connectivity index (χ2n) is 1.73. The number of halogens is 1. The minimum Gasteiger partial charge on any atom is -0.502 e. The van der Waals surface area contributed by atoms with Crippen molar-refractivity contribution in [3.05, 3.63) is 11.8 Å². The maximum absolute atomic E-state index is 9.94. The molecule has 0 heterocycles. The van der Waals surface area contributed by atoms with Crippen LogP contribution in [0.15, 0.2) is 11.8 Å². The largest absolute Gasteiger partial charge is 0.502 e. The fraction of sp³-hybridized carbons (Fsp3) is 0.500. The minimum atomic E-state index is -1.30. The molecule has 0 amide bonds. The van der Waals surface area contributed by atoms with Crippen LogP contribution in [0.25, 0.3) is 0 Å². The average molecular weight is 165 g/mol. The maximum Gasteiger partial charge on any atom is 0.370 e. The number of carbonyl (C=O) groups is 1. The molecule has 0 aliphatic heterocycles. The van der Waals surface area contributed by atoms with Crippen molar-refractivity contribution >= 4 is 17.6 Å². The molecule has 10 heavy (non-hydrogen) atoms. The molecule has 0 spiro atoms. The molecule has 0 fully saturated rings. The Morgan fingerprint density at radius 2 is 2.10 bits per heavy atom. The van der Waals surface area contributed by atoms with Crippen molar-refractivity contribution in [1.29, 1.82) is 0 Å². The van der Waals surface area contributed by atoms with Crippen LogP contribution in [0, 0.1) is 0 Å². The van der Waals surface area contributed by atoms with E-state index in [2.05, 4.69) is 0 Å². The Kier molecular flexibility index (Phi) is 4.76. The highest BCUT2D eigenvalue weighted by Crippen LogP contribution is 1.97. The predicted octanol–water partition coefficient (Wildman–Crippen LogP) is 1.53. The van der Waals surface area contributed by atoms with Gasteiger partial charge in [-0.2, -0.15) is 0 Å². The van der Waals surface area contributed by atoms with E-state index >= 15 is 0 Å². The van der Waals surface area contributed by atoms with Crippen LogP contribution in [0.1, 0.15) is 12.8 Å². The summed E-state index contributed by atoms with van der Waals surface area (Å²) in [5, 5.41) is 16.7. The number of alkyl halides is 1. The normalized spacial score (nSPS) is 11.5. The summed E-state index contributed by atoms with van der Waals surface area (Å²) in [6, 6.07) is 0. The molecule has 0 aromatic rings. The summed E-state index contributed by atoms with van der Waals surface area (Å²) in [6.07, 6.45) is 2.42. The Morgan fingerprint density at radius 1 is 1.50 bits per heavy atom. The van der Waals surface area contributed by atoms with Gasteiger partial charge in [-0.3, -0.25) is 0 Å². The van der Waals surface area contributed by atoms with Gasteiger partial charge >= 0.3 is 5.97 Å². The molecule has 0 aromatic carbocycles. The van der Waals surface area contributed by atoms with E-state index < -0.39 is 11.7 Å². The number of hydrogen-bond acceptors (Lipinski definition) is 2. The number of aliphatic hydroxyl groups is 1. The third-order valence-electron chi connectivity index (χ3n) is 0.895. The lowest BCUT2D eigenvalue weighted by Crippen LogP contribution is -1.98. The molecule has 2 N–H and O–H groups in total. The van der Waals surface area contributed by atoms with Gasteiger partial charge in [-0.15, -0.1) is 11.6 Å². The van der Waals surface area contributed by atoms with Crippen LogP contribution in [0.2, 0.25) is 0 Å². The van der Waals surface area contributed by atoms with Crippen LogP contribution in [0.3, 0.4) is 0 Å². The van der Waals surface area contributed by atoms with Gasteiger partial charge in [-0.05, 0) is 18.9 Å². The highest BCUT2D eigenvalue weighted by molar-refractivity contribution is 6.17. The van der Waals surface area contributed by atoms with Crippen molar-refractivity contribution in [3.63, 3.8) is 0 Å². The van der Waals surface area contributed by atoms with Crippen molar-refractivity contribution in [3.8, 4) is 0 Å². The smallest absolute Gasteiger partial charge is 0.370 e. The number of hydrogen-bond donors (Lipinski definition) is 2. The number of allylic oxidation sites excluding steroid dienone is 1. The lowest BCUT2D eigenvalue weighted by molar-refractivity contribution is -0.135. The van der Waals surface area contributed by atoms with E-state index in [1.165, 1.54) is 6.08 Å². The van der Waals surface area contributed by atoms with E-state index in [-0.39, 0.29) is 0 Å². The standard InChI is InChI=1S/C6H9ClO3/c7-4-2-1-3-5(8)6(9)10/h3,8H,1-2,4H2,(H,9,10).